The van der Waals surface area contributed by atoms with Crippen molar-refractivity contribution in [2.75, 3.05) is 20.2 Å². The highest BCUT2D eigenvalue weighted by atomic mass is 16.5. The highest BCUT2D eigenvalue weighted by Crippen LogP contribution is 2.18. The fourth-order valence-electron chi connectivity index (χ4n) is 2.55. The third kappa shape index (κ3) is 3.70. The second-order valence-electron chi connectivity index (χ2n) is 5.10. The van der Waals surface area contributed by atoms with Crippen LogP contribution in [0.2, 0.25) is 0 Å². The van der Waals surface area contributed by atoms with Crippen LogP contribution in [0, 0.1) is 5.92 Å². The van der Waals surface area contributed by atoms with Crippen LogP contribution >= 0.6 is 0 Å². The van der Waals surface area contributed by atoms with Crippen LogP contribution in [-0.2, 0) is 11.2 Å². The Morgan fingerprint density at radius 2 is 2.32 bits per heavy atom. The van der Waals surface area contributed by atoms with Gasteiger partial charge in [-0.25, -0.2) is 0 Å². The van der Waals surface area contributed by atoms with Crippen LogP contribution in [0.4, 0.5) is 0 Å². The van der Waals surface area contributed by atoms with E-state index in [0.29, 0.717) is 12.3 Å². The van der Waals surface area contributed by atoms with Gasteiger partial charge in [-0.1, -0.05) is 18.2 Å². The minimum Gasteiger partial charge on any atom is -0.496 e. The van der Waals surface area contributed by atoms with Crippen molar-refractivity contribution in [1.82, 2.24) is 10.6 Å². The lowest BCUT2D eigenvalue weighted by Gasteiger charge is -2.20. The quantitative estimate of drug-likeness (QED) is 0.842. The summed E-state index contributed by atoms with van der Waals surface area (Å²) < 4.78 is 5.26. The molecule has 4 nitrogen and oxygen atoms in total. The lowest BCUT2D eigenvalue weighted by Crippen LogP contribution is -2.39. The van der Waals surface area contributed by atoms with Crippen LogP contribution in [0.1, 0.15) is 18.9 Å². The molecule has 2 atom stereocenters. The molecule has 19 heavy (non-hydrogen) atoms. The van der Waals surface area contributed by atoms with Gasteiger partial charge in [0.05, 0.1) is 13.5 Å². The average molecular weight is 262 g/mol. The highest BCUT2D eigenvalue weighted by Gasteiger charge is 2.22. The van der Waals surface area contributed by atoms with E-state index >= 15 is 0 Å². The molecule has 1 aromatic carbocycles. The Bertz CT molecular complexity index is 428. The molecule has 1 aromatic rings. The number of benzene rings is 1. The van der Waals surface area contributed by atoms with Gasteiger partial charge in [0.1, 0.15) is 5.75 Å². The molecule has 104 valence electrons. The third-order valence-corrected chi connectivity index (χ3v) is 3.74. The van der Waals surface area contributed by atoms with Gasteiger partial charge in [-0.15, -0.1) is 0 Å². The number of rotatable bonds is 5. The third-order valence-electron chi connectivity index (χ3n) is 3.74. The maximum absolute atomic E-state index is 12.1. The summed E-state index contributed by atoms with van der Waals surface area (Å²) in [5.74, 6) is 1.37. The minimum atomic E-state index is 0.0592. The Labute approximate surface area is 114 Å². The van der Waals surface area contributed by atoms with Crippen molar-refractivity contribution in [1.29, 1.82) is 0 Å². The summed E-state index contributed by atoms with van der Waals surface area (Å²) in [6, 6.07) is 7.87. The molecule has 0 bridgehead atoms. The normalized spacial score (nSPS) is 20.0. The molecular weight excluding hydrogens is 240 g/mol. The summed E-state index contributed by atoms with van der Waals surface area (Å²) in [6.07, 6.45) is 1.50. The van der Waals surface area contributed by atoms with E-state index in [2.05, 4.69) is 17.6 Å². The number of amides is 1. The topological polar surface area (TPSA) is 50.4 Å². The molecule has 1 fully saturated rings. The van der Waals surface area contributed by atoms with Gasteiger partial charge in [0, 0.05) is 11.6 Å². The number of ether oxygens (including phenoxy) is 1. The summed E-state index contributed by atoms with van der Waals surface area (Å²) in [7, 11) is 1.63. The number of carbonyl (C=O) groups is 1. The molecule has 1 aliphatic rings. The number of nitrogens with one attached hydrogen (secondary N) is 2. The summed E-state index contributed by atoms with van der Waals surface area (Å²) in [4.78, 5) is 12.1. The monoisotopic (exact) mass is 262 g/mol. The first-order chi connectivity index (χ1) is 9.20. The van der Waals surface area contributed by atoms with Gasteiger partial charge in [0.2, 0.25) is 5.91 Å². The van der Waals surface area contributed by atoms with Crippen molar-refractivity contribution in [3.05, 3.63) is 29.8 Å². The first-order valence-electron chi connectivity index (χ1n) is 6.82. The Balaban J connectivity index is 1.89. The predicted octanol–water partition coefficient (Wildman–Crippen LogP) is 1.35. The SMILES string of the molecule is COc1ccccc1CC(=O)NC(C)C1CCNC1. The van der Waals surface area contributed by atoms with E-state index in [1.54, 1.807) is 7.11 Å². The van der Waals surface area contributed by atoms with Crippen LogP contribution in [0.25, 0.3) is 0 Å². The molecule has 2 N–H and O–H groups in total. The van der Waals surface area contributed by atoms with Crippen LogP contribution in [0.15, 0.2) is 24.3 Å². The van der Waals surface area contributed by atoms with Crippen molar-refractivity contribution in [3.63, 3.8) is 0 Å². The zero-order chi connectivity index (χ0) is 13.7. The fraction of sp³-hybridized carbons (Fsp3) is 0.533. The summed E-state index contributed by atoms with van der Waals surface area (Å²) in [6.45, 7) is 4.13. The van der Waals surface area contributed by atoms with Crippen LogP contribution in [0.5, 0.6) is 5.75 Å². The Kier molecular flexibility index (Phi) is 4.80. The molecule has 1 amide bonds. The number of hydrogen-bond donors (Lipinski definition) is 2. The molecule has 0 radical (unpaired) electrons. The van der Waals surface area contributed by atoms with Crippen molar-refractivity contribution < 1.29 is 9.53 Å². The molecule has 1 saturated heterocycles. The molecule has 1 aliphatic heterocycles. The van der Waals surface area contributed by atoms with Crippen LogP contribution < -0.4 is 15.4 Å². The van der Waals surface area contributed by atoms with E-state index in [1.807, 2.05) is 24.3 Å². The van der Waals surface area contributed by atoms with E-state index in [4.69, 9.17) is 4.74 Å². The highest BCUT2D eigenvalue weighted by molar-refractivity contribution is 5.79. The molecule has 0 spiro atoms. The number of methoxy groups -OCH3 is 1. The zero-order valence-electron chi connectivity index (χ0n) is 11.6. The number of para-hydroxylation sites is 1. The van der Waals surface area contributed by atoms with Gasteiger partial charge in [0.25, 0.3) is 0 Å². The molecule has 0 aliphatic carbocycles. The summed E-state index contributed by atoms with van der Waals surface area (Å²) >= 11 is 0. The van der Waals surface area contributed by atoms with E-state index in [0.717, 1.165) is 30.8 Å². The minimum absolute atomic E-state index is 0.0592. The summed E-state index contributed by atoms with van der Waals surface area (Å²) in [5, 5.41) is 6.41. The zero-order valence-corrected chi connectivity index (χ0v) is 11.6. The Morgan fingerprint density at radius 3 is 3.00 bits per heavy atom. The van der Waals surface area contributed by atoms with E-state index < -0.39 is 0 Å². The molecule has 0 saturated carbocycles. The average Bonchev–Trinajstić information content (AvgIpc) is 2.93. The lowest BCUT2D eigenvalue weighted by molar-refractivity contribution is -0.121. The molecular formula is C15H22N2O2. The van der Waals surface area contributed by atoms with Crippen LogP contribution in [-0.4, -0.2) is 32.1 Å². The largest absolute Gasteiger partial charge is 0.496 e. The first-order valence-corrected chi connectivity index (χ1v) is 6.82. The summed E-state index contributed by atoms with van der Waals surface area (Å²) in [5.41, 5.74) is 0.930. The Morgan fingerprint density at radius 1 is 1.53 bits per heavy atom. The van der Waals surface area contributed by atoms with Gasteiger partial charge >= 0.3 is 0 Å². The fourth-order valence-corrected chi connectivity index (χ4v) is 2.55. The second-order valence-corrected chi connectivity index (χ2v) is 5.10. The molecule has 0 aromatic heterocycles. The van der Waals surface area contributed by atoms with Gasteiger partial charge in [-0.2, -0.15) is 0 Å². The lowest BCUT2D eigenvalue weighted by atomic mass is 10.00. The Hall–Kier alpha value is -1.55. The van der Waals surface area contributed by atoms with Crippen molar-refractivity contribution in [3.8, 4) is 5.75 Å². The molecule has 2 unspecified atom stereocenters. The van der Waals surface area contributed by atoms with Crippen molar-refractivity contribution in [2.24, 2.45) is 5.92 Å². The van der Waals surface area contributed by atoms with Crippen molar-refractivity contribution >= 4 is 5.91 Å². The van der Waals surface area contributed by atoms with E-state index in [-0.39, 0.29) is 11.9 Å². The maximum Gasteiger partial charge on any atom is 0.224 e. The predicted molar refractivity (Wildman–Crippen MR) is 75.3 cm³/mol. The van der Waals surface area contributed by atoms with Gasteiger partial charge < -0.3 is 15.4 Å². The van der Waals surface area contributed by atoms with Gasteiger partial charge in [-0.3, -0.25) is 4.79 Å². The van der Waals surface area contributed by atoms with Gasteiger partial charge in [0.15, 0.2) is 0 Å². The number of hydrogen-bond acceptors (Lipinski definition) is 3. The van der Waals surface area contributed by atoms with E-state index in [9.17, 15) is 4.79 Å². The molecule has 1 heterocycles. The van der Waals surface area contributed by atoms with Crippen molar-refractivity contribution in [2.45, 2.75) is 25.8 Å². The van der Waals surface area contributed by atoms with Gasteiger partial charge in [-0.05, 0) is 38.4 Å². The molecule has 2 rings (SSSR count). The molecule has 4 heteroatoms. The van der Waals surface area contributed by atoms with E-state index in [1.165, 1.54) is 0 Å². The standard InChI is InChI=1S/C15H22N2O2/c1-11(13-7-8-16-10-13)17-15(18)9-12-5-3-4-6-14(12)19-2/h3-6,11,13,16H,7-10H2,1-2H3,(H,17,18). The second kappa shape index (κ2) is 6.57. The van der Waals surface area contributed by atoms with Crippen LogP contribution in [0.3, 0.4) is 0 Å². The number of carbonyl (C=O) groups excluding carboxylic acids is 1. The first kappa shape index (κ1) is 13.9. The maximum atomic E-state index is 12.1. The smallest absolute Gasteiger partial charge is 0.224 e.